The molecular weight excluding hydrogens is 719 g/mol. The van der Waals surface area contributed by atoms with Crippen molar-refractivity contribution in [3.8, 4) is 0 Å². The standard InChI is InChI=1S/C52H87NO5/c1-3-5-7-9-11-13-15-17-18-19-20-21-22-23-24-25-26-28-30-32-34-39-43-47-52(57)58-49(45-41-37-35-38-42-46-50(54)53-48-51(55)56)44-40-36-33-31-29-27-16-14-12-10-8-6-4-2/h6,8,12,14-15,17,19-20,22-23,27,29,33,36,49H,3-5,7,9-11,13,16,18,21,24-26,28,30-32,34-35,37-48H2,1-2H3,(H,53,54)(H,55,56)/b8-6-,14-12-,17-15-,20-19-,23-22-,29-27-,36-33-. The largest absolute Gasteiger partial charge is 0.480 e. The maximum Gasteiger partial charge on any atom is 0.322 e. The quantitative estimate of drug-likeness (QED) is 0.0364. The number of aliphatic carboxylic acids is 1. The van der Waals surface area contributed by atoms with E-state index in [1.54, 1.807) is 0 Å². The molecule has 1 amide bonds. The van der Waals surface area contributed by atoms with Crippen molar-refractivity contribution in [1.82, 2.24) is 5.32 Å². The number of carbonyl (C=O) groups is 3. The predicted octanol–water partition coefficient (Wildman–Crippen LogP) is 15.1. The van der Waals surface area contributed by atoms with Gasteiger partial charge in [-0.05, 0) is 103 Å². The van der Waals surface area contributed by atoms with Crippen LogP contribution in [0.3, 0.4) is 0 Å². The van der Waals surface area contributed by atoms with Crippen LogP contribution in [0.1, 0.15) is 213 Å². The summed E-state index contributed by atoms with van der Waals surface area (Å²) in [6.07, 6.45) is 64.3. The topological polar surface area (TPSA) is 92.7 Å². The minimum Gasteiger partial charge on any atom is -0.480 e. The molecule has 0 fully saturated rings. The number of allylic oxidation sites excluding steroid dienone is 14. The zero-order chi connectivity index (χ0) is 42.3. The van der Waals surface area contributed by atoms with Crippen molar-refractivity contribution in [3.63, 3.8) is 0 Å². The SMILES string of the molecule is CC/C=C\C/C=C\C/C=C\C/C=C\CCC(CCCCCCCC(=O)NCC(=O)O)OC(=O)CCCCCCCCCC/C=C\C/C=C\C/C=C\CCCCCCC. The molecule has 0 aromatic heterocycles. The van der Waals surface area contributed by atoms with Crippen LogP contribution in [0.2, 0.25) is 0 Å². The predicted molar refractivity (Wildman–Crippen MR) is 249 cm³/mol. The van der Waals surface area contributed by atoms with Gasteiger partial charge in [0.2, 0.25) is 5.91 Å². The third-order valence-electron chi connectivity index (χ3n) is 10.1. The number of carboxylic acids is 1. The van der Waals surface area contributed by atoms with E-state index >= 15 is 0 Å². The molecule has 0 bridgehead atoms. The van der Waals surface area contributed by atoms with Crippen molar-refractivity contribution in [2.24, 2.45) is 0 Å². The molecule has 1 unspecified atom stereocenters. The molecule has 0 radical (unpaired) electrons. The van der Waals surface area contributed by atoms with Gasteiger partial charge in [0, 0.05) is 12.8 Å². The molecule has 0 saturated heterocycles. The van der Waals surface area contributed by atoms with Crippen molar-refractivity contribution in [3.05, 3.63) is 85.1 Å². The Morgan fingerprint density at radius 3 is 1.38 bits per heavy atom. The van der Waals surface area contributed by atoms with Crippen LogP contribution in [0.4, 0.5) is 0 Å². The molecule has 58 heavy (non-hydrogen) atoms. The fourth-order valence-corrected chi connectivity index (χ4v) is 6.57. The minimum atomic E-state index is -1.03. The number of rotatable bonds is 42. The molecule has 0 aromatic carbocycles. The van der Waals surface area contributed by atoms with Gasteiger partial charge < -0.3 is 15.2 Å². The van der Waals surface area contributed by atoms with Gasteiger partial charge in [0.15, 0.2) is 0 Å². The molecule has 1 atom stereocenters. The molecule has 6 heteroatoms. The van der Waals surface area contributed by atoms with Gasteiger partial charge in [-0.15, -0.1) is 0 Å². The molecular formula is C52H87NO5. The number of carbonyl (C=O) groups excluding carboxylic acids is 2. The van der Waals surface area contributed by atoms with Gasteiger partial charge in [-0.2, -0.15) is 0 Å². The summed E-state index contributed by atoms with van der Waals surface area (Å²) in [7, 11) is 0. The Bertz CT molecular complexity index is 1160. The van der Waals surface area contributed by atoms with E-state index in [-0.39, 0.29) is 24.5 Å². The Labute approximate surface area is 356 Å². The third-order valence-corrected chi connectivity index (χ3v) is 10.1. The first-order chi connectivity index (χ1) is 28.5. The Balaban J connectivity index is 4.20. The number of unbranched alkanes of at least 4 members (excludes halogenated alkanes) is 17. The molecule has 0 aromatic rings. The van der Waals surface area contributed by atoms with E-state index in [1.807, 2.05) is 0 Å². The van der Waals surface area contributed by atoms with Crippen LogP contribution in [0, 0.1) is 0 Å². The summed E-state index contributed by atoms with van der Waals surface area (Å²) in [4.78, 5) is 35.1. The molecule has 0 aliphatic heterocycles. The lowest BCUT2D eigenvalue weighted by molar-refractivity contribution is -0.150. The molecule has 0 aliphatic rings. The molecule has 0 rings (SSSR count). The first-order valence-corrected chi connectivity index (χ1v) is 23.7. The summed E-state index contributed by atoms with van der Waals surface area (Å²) in [5.74, 6) is -1.30. The van der Waals surface area contributed by atoms with Gasteiger partial charge in [-0.3, -0.25) is 14.4 Å². The van der Waals surface area contributed by atoms with E-state index in [0.717, 1.165) is 103 Å². The summed E-state index contributed by atoms with van der Waals surface area (Å²) in [5, 5.41) is 11.1. The first kappa shape index (κ1) is 54.6. The number of amides is 1. The van der Waals surface area contributed by atoms with Crippen molar-refractivity contribution >= 4 is 17.8 Å². The van der Waals surface area contributed by atoms with Crippen LogP contribution in [0.15, 0.2) is 85.1 Å². The smallest absolute Gasteiger partial charge is 0.322 e. The molecule has 0 spiro atoms. The second-order valence-electron chi connectivity index (χ2n) is 15.6. The normalized spacial score (nSPS) is 12.9. The zero-order valence-electron chi connectivity index (χ0n) is 37.4. The molecule has 0 saturated carbocycles. The van der Waals surface area contributed by atoms with Crippen LogP contribution in [-0.4, -0.2) is 35.6 Å². The molecule has 0 aliphatic carbocycles. The second-order valence-corrected chi connectivity index (χ2v) is 15.6. The van der Waals surface area contributed by atoms with Gasteiger partial charge in [-0.25, -0.2) is 0 Å². The third kappa shape index (κ3) is 45.3. The van der Waals surface area contributed by atoms with Crippen LogP contribution < -0.4 is 5.32 Å². The fourth-order valence-electron chi connectivity index (χ4n) is 6.57. The van der Waals surface area contributed by atoms with Crippen molar-refractivity contribution < 1.29 is 24.2 Å². The number of ether oxygens (including phenoxy) is 1. The average Bonchev–Trinajstić information content (AvgIpc) is 3.21. The number of hydrogen-bond acceptors (Lipinski definition) is 4. The highest BCUT2D eigenvalue weighted by Gasteiger charge is 2.14. The fraction of sp³-hybridized carbons (Fsp3) is 0.673. The molecule has 6 nitrogen and oxygen atoms in total. The minimum absolute atomic E-state index is 0.0605. The van der Waals surface area contributed by atoms with Crippen molar-refractivity contribution in [2.45, 2.75) is 219 Å². The Kier molecular flexibility index (Phi) is 43.6. The maximum absolute atomic E-state index is 12.8. The lowest BCUT2D eigenvalue weighted by atomic mass is 10.0. The number of nitrogens with one attached hydrogen (secondary N) is 1. The maximum atomic E-state index is 12.8. The van der Waals surface area contributed by atoms with Crippen LogP contribution in [0.5, 0.6) is 0 Å². The van der Waals surface area contributed by atoms with Crippen LogP contribution in [-0.2, 0) is 19.1 Å². The van der Waals surface area contributed by atoms with Crippen molar-refractivity contribution in [2.75, 3.05) is 6.54 Å². The van der Waals surface area contributed by atoms with E-state index in [0.29, 0.717) is 12.8 Å². The van der Waals surface area contributed by atoms with Crippen molar-refractivity contribution in [1.29, 1.82) is 0 Å². The summed E-state index contributed by atoms with van der Waals surface area (Å²) in [6.45, 7) is 4.09. The van der Waals surface area contributed by atoms with Gasteiger partial charge in [0.05, 0.1) is 0 Å². The monoisotopic (exact) mass is 806 g/mol. The first-order valence-electron chi connectivity index (χ1n) is 23.7. The van der Waals surface area contributed by atoms with E-state index < -0.39 is 5.97 Å². The lowest BCUT2D eigenvalue weighted by Crippen LogP contribution is -2.28. The number of hydrogen-bond donors (Lipinski definition) is 2. The van der Waals surface area contributed by atoms with Gasteiger partial charge in [0.25, 0.3) is 0 Å². The van der Waals surface area contributed by atoms with Gasteiger partial charge in [0.1, 0.15) is 12.6 Å². The number of esters is 1. The summed E-state index contributed by atoms with van der Waals surface area (Å²) in [5.41, 5.74) is 0. The lowest BCUT2D eigenvalue weighted by Gasteiger charge is -2.17. The average molecular weight is 806 g/mol. The van der Waals surface area contributed by atoms with E-state index in [4.69, 9.17) is 9.84 Å². The highest BCUT2D eigenvalue weighted by atomic mass is 16.5. The highest BCUT2D eigenvalue weighted by Crippen LogP contribution is 2.17. The summed E-state index contributed by atoms with van der Waals surface area (Å²) >= 11 is 0. The molecule has 2 N–H and O–H groups in total. The van der Waals surface area contributed by atoms with Crippen LogP contribution >= 0.6 is 0 Å². The Morgan fingerprint density at radius 1 is 0.466 bits per heavy atom. The second kappa shape index (κ2) is 46.3. The van der Waals surface area contributed by atoms with Gasteiger partial charge >= 0.3 is 11.9 Å². The summed E-state index contributed by atoms with van der Waals surface area (Å²) in [6, 6.07) is 0. The van der Waals surface area contributed by atoms with E-state index in [2.05, 4.69) is 104 Å². The molecule has 330 valence electrons. The number of carboxylic acid groups (broad SMARTS) is 1. The van der Waals surface area contributed by atoms with E-state index in [9.17, 15) is 14.4 Å². The molecule has 0 heterocycles. The van der Waals surface area contributed by atoms with E-state index in [1.165, 1.54) is 83.5 Å². The Hall–Kier alpha value is -3.41. The van der Waals surface area contributed by atoms with Crippen LogP contribution in [0.25, 0.3) is 0 Å². The Morgan fingerprint density at radius 2 is 0.879 bits per heavy atom. The zero-order valence-corrected chi connectivity index (χ0v) is 37.4. The van der Waals surface area contributed by atoms with Gasteiger partial charge in [-0.1, -0.05) is 182 Å². The summed E-state index contributed by atoms with van der Waals surface area (Å²) < 4.78 is 6.00. The highest BCUT2D eigenvalue weighted by molar-refractivity contribution is 5.80.